The van der Waals surface area contributed by atoms with Crippen LogP contribution in [-0.4, -0.2) is 6.61 Å². The van der Waals surface area contributed by atoms with Crippen LogP contribution in [0.1, 0.15) is 304 Å². The van der Waals surface area contributed by atoms with E-state index in [1.54, 1.807) is 44.6 Å². The van der Waals surface area contributed by atoms with Crippen LogP contribution in [0.15, 0.2) is 55.9 Å². The summed E-state index contributed by atoms with van der Waals surface area (Å²) in [6.07, 6.45) is 20.1. The third-order valence-corrected chi connectivity index (χ3v) is 15.1. The monoisotopic (exact) mass is 931 g/mol. The summed E-state index contributed by atoms with van der Waals surface area (Å²) in [5.41, 5.74) is 18.8. The summed E-state index contributed by atoms with van der Waals surface area (Å²) in [6, 6.07) is 0. The molecule has 1 heteroatoms. The minimum Gasteiger partial charge on any atom is -0.497 e. The predicted octanol–water partition coefficient (Wildman–Crippen LogP) is 22.8. The Balaban J connectivity index is 0.000000419. The van der Waals surface area contributed by atoms with Gasteiger partial charge in [-0.05, 0) is 144 Å². The third-order valence-electron chi connectivity index (χ3n) is 15.1. The van der Waals surface area contributed by atoms with Crippen molar-refractivity contribution < 1.29 is 4.74 Å². The van der Waals surface area contributed by atoms with Gasteiger partial charge in [-0.25, -0.2) is 0 Å². The van der Waals surface area contributed by atoms with Crippen LogP contribution in [0.3, 0.4) is 0 Å². The van der Waals surface area contributed by atoms with Crippen molar-refractivity contribution in [2.45, 2.75) is 304 Å². The van der Waals surface area contributed by atoms with Gasteiger partial charge in [0, 0.05) is 11.8 Å². The maximum Gasteiger partial charge on any atom is 0.101 e. The van der Waals surface area contributed by atoms with Crippen molar-refractivity contribution in [1.82, 2.24) is 0 Å². The van der Waals surface area contributed by atoms with Gasteiger partial charge in [0.1, 0.15) is 5.76 Å². The van der Waals surface area contributed by atoms with Gasteiger partial charge in [-0.15, -0.1) is 0 Å². The van der Waals surface area contributed by atoms with Crippen LogP contribution >= 0.6 is 0 Å². The number of rotatable bonds is 0. The second kappa shape index (κ2) is 23.4. The molecule has 392 valence electrons. The Labute approximate surface area is 423 Å². The third kappa shape index (κ3) is 20.6. The van der Waals surface area contributed by atoms with Crippen molar-refractivity contribution >= 4 is 0 Å². The van der Waals surface area contributed by atoms with Gasteiger partial charge in [0.2, 0.25) is 0 Å². The molecule has 0 radical (unpaired) electrons. The van der Waals surface area contributed by atoms with Gasteiger partial charge < -0.3 is 4.74 Å². The first kappa shape index (κ1) is 63.5. The van der Waals surface area contributed by atoms with Crippen LogP contribution in [0.2, 0.25) is 0 Å². The molecule has 1 nitrogen and oxygen atoms in total. The summed E-state index contributed by atoms with van der Waals surface area (Å²) in [5, 5.41) is 0. The molecule has 0 saturated heterocycles. The maximum absolute atomic E-state index is 5.74. The summed E-state index contributed by atoms with van der Waals surface area (Å²) in [5.74, 6) is 1.22. The highest BCUT2D eigenvalue weighted by Gasteiger charge is 2.35. The molecule has 0 aromatic carbocycles. The van der Waals surface area contributed by atoms with Crippen LogP contribution in [-0.2, 0) is 4.74 Å². The molecule has 0 bridgehead atoms. The van der Waals surface area contributed by atoms with Crippen molar-refractivity contribution in [3.8, 4) is 0 Å². The summed E-state index contributed by atoms with van der Waals surface area (Å²) < 4.78 is 5.74. The van der Waals surface area contributed by atoms with Crippen molar-refractivity contribution in [2.75, 3.05) is 6.61 Å². The minimum absolute atomic E-state index is 0.166. The molecular weight excluding hydrogens is 809 g/mol. The van der Waals surface area contributed by atoms with Crippen molar-refractivity contribution in [1.29, 1.82) is 0 Å². The standard InChI is InChI=1S/2C14H26.2C13H24.C12H22O/c2*1-13(2,3)11-9-7-8-10-12(11)14(4,5)6;2*1-12(2,3)10-8-7-9-11(10)13(4,5)6;1-11(2,3)9-7-8-13-10(9)12(4,5)6/h2*7-10H2,1-6H3;2*7-9H2,1-6H3;7-8H2,1-6H3. The normalized spacial score (nSPS) is 19.9. The number of allylic oxidation sites excluding steroid dienone is 9. The predicted molar refractivity (Wildman–Crippen MR) is 305 cm³/mol. The zero-order valence-electron chi connectivity index (χ0n) is 51.7. The van der Waals surface area contributed by atoms with Crippen LogP contribution in [0.4, 0.5) is 0 Å². The molecule has 0 aromatic heterocycles. The molecule has 5 aliphatic rings. The molecule has 0 atom stereocenters. The summed E-state index contributed by atoms with van der Waals surface area (Å²) in [7, 11) is 0. The van der Waals surface area contributed by atoms with Gasteiger partial charge in [0.05, 0.1) is 6.61 Å². The lowest BCUT2D eigenvalue weighted by Crippen LogP contribution is -2.22. The summed E-state index contributed by atoms with van der Waals surface area (Å²) >= 11 is 0. The lowest BCUT2D eigenvalue weighted by molar-refractivity contribution is 0.178. The fourth-order valence-corrected chi connectivity index (χ4v) is 11.8. The molecule has 1 aliphatic heterocycles. The van der Waals surface area contributed by atoms with E-state index in [-0.39, 0.29) is 10.8 Å². The Hall–Kier alpha value is -1.50. The Morgan fingerprint density at radius 1 is 0.194 bits per heavy atom. The van der Waals surface area contributed by atoms with E-state index in [4.69, 9.17) is 4.74 Å². The van der Waals surface area contributed by atoms with E-state index in [1.807, 2.05) is 0 Å². The topological polar surface area (TPSA) is 9.23 Å². The Morgan fingerprint density at radius 3 is 0.493 bits per heavy atom. The lowest BCUT2D eigenvalue weighted by Gasteiger charge is -2.36. The number of hydrogen-bond acceptors (Lipinski definition) is 1. The van der Waals surface area contributed by atoms with Gasteiger partial charge in [0.15, 0.2) is 0 Å². The highest BCUT2D eigenvalue weighted by atomic mass is 16.5. The minimum atomic E-state index is 0.166. The number of hydrogen-bond donors (Lipinski definition) is 0. The van der Waals surface area contributed by atoms with E-state index in [0.717, 1.165) is 13.0 Å². The van der Waals surface area contributed by atoms with E-state index in [2.05, 4.69) is 208 Å². The quantitative estimate of drug-likeness (QED) is 0.220. The first-order valence-electron chi connectivity index (χ1n) is 27.9. The van der Waals surface area contributed by atoms with Gasteiger partial charge in [-0.1, -0.05) is 252 Å². The molecule has 0 spiro atoms. The van der Waals surface area contributed by atoms with Crippen LogP contribution in [0.5, 0.6) is 0 Å². The van der Waals surface area contributed by atoms with Gasteiger partial charge >= 0.3 is 0 Å². The van der Waals surface area contributed by atoms with Crippen molar-refractivity contribution in [2.24, 2.45) is 54.1 Å². The largest absolute Gasteiger partial charge is 0.497 e. The fourth-order valence-electron chi connectivity index (χ4n) is 11.8. The molecule has 67 heavy (non-hydrogen) atoms. The summed E-state index contributed by atoms with van der Waals surface area (Å²) in [4.78, 5) is 0. The van der Waals surface area contributed by atoms with Crippen molar-refractivity contribution in [3.63, 3.8) is 0 Å². The average Bonchev–Trinajstić information content (AvgIpc) is 3.92. The zero-order chi connectivity index (χ0) is 52.8. The Kier molecular flexibility index (Phi) is 22.2. The summed E-state index contributed by atoms with van der Waals surface area (Å²) in [6.45, 7) is 70.8. The van der Waals surface area contributed by atoms with E-state index in [9.17, 15) is 0 Å². The van der Waals surface area contributed by atoms with Crippen LogP contribution in [0, 0.1) is 54.1 Å². The first-order valence-corrected chi connectivity index (χ1v) is 27.9. The molecule has 0 amide bonds. The second-order valence-corrected chi connectivity index (χ2v) is 31.9. The molecule has 5 rings (SSSR count). The molecule has 1 heterocycles. The first-order chi connectivity index (χ1) is 29.6. The SMILES string of the molecule is CC(C)(C)C1=C(C(C)(C)C)CCC1.CC(C)(C)C1=C(C(C)(C)C)CCC1.CC(C)(C)C1=C(C(C)(C)C)CCCC1.CC(C)(C)C1=C(C(C)(C)C)CCCC1.CC(C)(C)C1=C(C(C)(C)C)OCC1. The Bertz CT molecular complexity index is 1430. The van der Waals surface area contributed by atoms with Gasteiger partial charge in [0.25, 0.3) is 0 Å². The molecule has 0 saturated carbocycles. The molecule has 0 fully saturated rings. The fraction of sp³-hybridized carbons (Fsp3) is 0.848. The highest BCUT2D eigenvalue weighted by Crippen LogP contribution is 2.49. The van der Waals surface area contributed by atoms with Crippen LogP contribution < -0.4 is 0 Å². The molecule has 0 aromatic rings. The smallest absolute Gasteiger partial charge is 0.101 e. The Morgan fingerprint density at radius 2 is 0.358 bits per heavy atom. The van der Waals surface area contributed by atoms with E-state index in [0.29, 0.717) is 43.3 Å². The molecule has 0 N–H and O–H groups in total. The van der Waals surface area contributed by atoms with Gasteiger partial charge in [-0.3, -0.25) is 0 Å². The van der Waals surface area contributed by atoms with Gasteiger partial charge in [-0.2, -0.15) is 0 Å². The van der Waals surface area contributed by atoms with Crippen molar-refractivity contribution in [3.05, 3.63) is 55.9 Å². The zero-order valence-corrected chi connectivity index (χ0v) is 51.7. The lowest BCUT2D eigenvalue weighted by atomic mass is 9.69. The van der Waals surface area contributed by atoms with E-state index in [1.165, 1.54) is 101 Å². The van der Waals surface area contributed by atoms with Crippen LogP contribution in [0.25, 0.3) is 0 Å². The van der Waals surface area contributed by atoms with E-state index < -0.39 is 0 Å². The van der Waals surface area contributed by atoms with E-state index >= 15 is 0 Å². The number of ether oxygens (including phenoxy) is 1. The molecule has 4 aliphatic carbocycles. The average molecular weight is 932 g/mol. The molecule has 0 unspecified atom stereocenters. The molecular formula is C66H122O. The maximum atomic E-state index is 5.74. The highest BCUT2D eigenvalue weighted by molar-refractivity contribution is 5.31. The second-order valence-electron chi connectivity index (χ2n) is 31.9.